The number of carbonyl (C=O) groups excluding carboxylic acids is 4. The van der Waals surface area contributed by atoms with Gasteiger partial charge < -0.3 is 40.3 Å². The number of H-pyrrole nitrogens is 2. The molecule has 0 bridgehead atoms. The number of ether oxygens (including phenoxy) is 2. The van der Waals surface area contributed by atoms with Crippen molar-refractivity contribution in [1.29, 1.82) is 0 Å². The number of rotatable bonds is 10. The summed E-state index contributed by atoms with van der Waals surface area (Å²) < 4.78 is 24.7. The minimum atomic E-state index is -0.780. The molecule has 1 aromatic carbocycles. The molecule has 0 radical (unpaired) electrons. The molecule has 268 valence electrons. The fraction of sp³-hybridized carbons (Fsp3) is 0.412. The number of methoxy groups -OCH3 is 2. The molecular weight excluding hydrogens is 663 g/mol. The summed E-state index contributed by atoms with van der Waals surface area (Å²) >= 11 is 0. The van der Waals surface area contributed by atoms with E-state index in [9.17, 15) is 19.2 Å². The lowest BCUT2D eigenvalue weighted by Crippen LogP contribution is -2.46. The summed E-state index contributed by atoms with van der Waals surface area (Å²) in [6, 6.07) is 2.48. The molecule has 0 saturated carbocycles. The average molecular weight is 703 g/mol. The number of imidazole rings is 2. The third-order valence-electron chi connectivity index (χ3n) is 9.23. The number of halogens is 1. The molecule has 17 heteroatoms. The van der Waals surface area contributed by atoms with E-state index in [-0.39, 0.29) is 23.8 Å². The van der Waals surface area contributed by atoms with Crippen molar-refractivity contribution in [3.63, 3.8) is 0 Å². The van der Waals surface area contributed by atoms with Crippen LogP contribution in [0.1, 0.15) is 56.8 Å². The van der Waals surface area contributed by atoms with Gasteiger partial charge in [0.05, 0.1) is 49.9 Å². The van der Waals surface area contributed by atoms with Crippen LogP contribution in [0.4, 0.5) is 14.0 Å². The molecule has 1 unspecified atom stereocenters. The molecule has 0 aliphatic carbocycles. The van der Waals surface area contributed by atoms with Crippen molar-refractivity contribution < 1.29 is 33.0 Å². The molecule has 2 fully saturated rings. The van der Waals surface area contributed by atoms with Gasteiger partial charge in [0.15, 0.2) is 11.6 Å². The summed E-state index contributed by atoms with van der Waals surface area (Å²) in [6.45, 7) is 4.34. The second-order valence-corrected chi connectivity index (χ2v) is 12.5. The molecule has 5 atom stereocenters. The van der Waals surface area contributed by atoms with E-state index < -0.39 is 36.0 Å². The molecule has 5 heterocycles. The Bertz CT molecular complexity index is 1910. The fourth-order valence-corrected chi connectivity index (χ4v) is 6.55. The van der Waals surface area contributed by atoms with E-state index in [0.717, 1.165) is 6.42 Å². The minimum absolute atomic E-state index is 0.124. The number of nitrogens with one attached hydrogen (secondary N) is 5. The van der Waals surface area contributed by atoms with Crippen LogP contribution in [0, 0.1) is 11.7 Å². The number of amides is 3. The molecule has 3 aromatic heterocycles. The number of aromatic nitrogens is 6. The minimum Gasteiger partial charge on any atom is -0.453 e. The average Bonchev–Trinajstić information content (AvgIpc) is 3.97. The molecule has 3 amide bonds. The molecule has 16 nitrogen and oxygen atoms in total. The van der Waals surface area contributed by atoms with Gasteiger partial charge in [0, 0.05) is 47.7 Å². The van der Waals surface area contributed by atoms with Crippen LogP contribution < -0.4 is 16.0 Å². The van der Waals surface area contributed by atoms with Gasteiger partial charge >= 0.3 is 12.2 Å². The van der Waals surface area contributed by atoms with Crippen molar-refractivity contribution >= 4 is 23.9 Å². The molecule has 2 saturated heterocycles. The number of hydrogen-bond donors (Lipinski definition) is 5. The first-order chi connectivity index (χ1) is 24.6. The Hall–Kier alpha value is -5.71. The van der Waals surface area contributed by atoms with Crippen LogP contribution in [0.5, 0.6) is 0 Å². The Morgan fingerprint density at radius 3 is 2.37 bits per heavy atom. The number of ketones is 1. The van der Waals surface area contributed by atoms with Crippen molar-refractivity contribution in [1.82, 2.24) is 50.8 Å². The molecule has 2 aliphatic rings. The molecule has 0 spiro atoms. The van der Waals surface area contributed by atoms with Crippen LogP contribution in [-0.2, 0) is 19.1 Å². The van der Waals surface area contributed by atoms with Gasteiger partial charge in [-0.05, 0) is 51.8 Å². The standard InChI is InChI=1S/C34H39FN10O6/c1-17(41-33(48)50-3)28(46)22-9-10-36-27(22)31-40-15-24(43-31)20-13-37-29(38-14-20)19-7-8-21(23(35)12-19)25-16-39-30(44-25)26-6-5-11-45(26)32(47)18(2)42-34(49)51-4/h7-8,12-18,22,26-27,36H,5-6,9-11H2,1-4H3,(H,39,44)(H,40,43)(H,41,48)(H,42,49)/t17-,18-,22?,26-,27+/m0/s1. The molecule has 5 N–H and O–H groups in total. The normalized spacial score (nSPS) is 19.7. The lowest BCUT2D eigenvalue weighted by atomic mass is 9.91. The van der Waals surface area contributed by atoms with Gasteiger partial charge in [-0.15, -0.1) is 0 Å². The van der Waals surface area contributed by atoms with Gasteiger partial charge in [0.2, 0.25) is 5.91 Å². The maximum atomic E-state index is 15.5. The van der Waals surface area contributed by atoms with Crippen LogP contribution in [-0.4, -0.2) is 98.1 Å². The summed E-state index contributed by atoms with van der Waals surface area (Å²) in [5, 5.41) is 8.34. The summed E-state index contributed by atoms with van der Waals surface area (Å²) in [6.07, 6.45) is 7.10. The molecule has 6 rings (SSSR count). The largest absolute Gasteiger partial charge is 0.453 e. The maximum absolute atomic E-state index is 15.5. The second-order valence-electron chi connectivity index (χ2n) is 12.5. The highest BCUT2D eigenvalue weighted by atomic mass is 19.1. The summed E-state index contributed by atoms with van der Waals surface area (Å²) in [5.41, 5.74) is 2.42. The lowest BCUT2D eigenvalue weighted by Gasteiger charge is -2.26. The highest BCUT2D eigenvalue weighted by molar-refractivity contribution is 5.89. The maximum Gasteiger partial charge on any atom is 0.407 e. The first kappa shape index (κ1) is 35.1. The highest BCUT2D eigenvalue weighted by Crippen LogP contribution is 2.34. The van der Waals surface area contributed by atoms with Crippen LogP contribution in [0.3, 0.4) is 0 Å². The predicted molar refractivity (Wildman–Crippen MR) is 180 cm³/mol. The monoisotopic (exact) mass is 702 g/mol. The number of aromatic amines is 2. The zero-order valence-corrected chi connectivity index (χ0v) is 28.5. The predicted octanol–water partition coefficient (Wildman–Crippen LogP) is 3.44. The Morgan fingerprint density at radius 1 is 0.941 bits per heavy atom. The zero-order chi connectivity index (χ0) is 36.2. The lowest BCUT2D eigenvalue weighted by molar-refractivity contribution is -0.134. The number of alkyl carbamates (subject to hydrolysis) is 2. The number of hydrogen-bond acceptors (Lipinski definition) is 11. The van der Waals surface area contributed by atoms with Crippen molar-refractivity contribution in [2.45, 2.75) is 57.3 Å². The first-order valence-electron chi connectivity index (χ1n) is 16.6. The van der Waals surface area contributed by atoms with Gasteiger partial charge in [0.1, 0.15) is 23.5 Å². The highest BCUT2D eigenvalue weighted by Gasteiger charge is 2.38. The Labute approximate surface area is 292 Å². The van der Waals surface area contributed by atoms with Crippen molar-refractivity contribution in [3.8, 4) is 33.9 Å². The quantitative estimate of drug-likeness (QED) is 0.162. The Kier molecular flexibility index (Phi) is 10.4. The van der Waals surface area contributed by atoms with E-state index in [1.54, 1.807) is 49.5 Å². The topological polar surface area (TPSA) is 209 Å². The van der Waals surface area contributed by atoms with Crippen LogP contribution in [0.2, 0.25) is 0 Å². The van der Waals surface area contributed by atoms with E-state index in [1.165, 1.54) is 26.5 Å². The van der Waals surface area contributed by atoms with E-state index in [0.29, 0.717) is 71.5 Å². The van der Waals surface area contributed by atoms with E-state index in [4.69, 9.17) is 0 Å². The van der Waals surface area contributed by atoms with Gasteiger partial charge in [-0.1, -0.05) is 6.07 Å². The number of nitrogens with zero attached hydrogens (tertiary/aromatic N) is 5. The summed E-state index contributed by atoms with van der Waals surface area (Å²) in [4.78, 5) is 75.3. The third kappa shape index (κ3) is 7.42. The Morgan fingerprint density at radius 2 is 1.67 bits per heavy atom. The van der Waals surface area contributed by atoms with Gasteiger partial charge in [-0.3, -0.25) is 9.59 Å². The van der Waals surface area contributed by atoms with Crippen molar-refractivity contribution in [2.24, 2.45) is 5.92 Å². The fourth-order valence-electron chi connectivity index (χ4n) is 6.55. The molecular formula is C34H39FN10O6. The Balaban J connectivity index is 1.12. The summed E-state index contributed by atoms with van der Waals surface area (Å²) in [7, 11) is 2.48. The van der Waals surface area contributed by atoms with Crippen LogP contribution in [0.25, 0.3) is 33.9 Å². The van der Waals surface area contributed by atoms with Crippen LogP contribution in [0.15, 0.2) is 43.0 Å². The second kappa shape index (κ2) is 15.0. The van der Waals surface area contributed by atoms with E-state index in [1.807, 2.05) is 0 Å². The van der Waals surface area contributed by atoms with E-state index in [2.05, 4.69) is 55.3 Å². The van der Waals surface area contributed by atoms with Gasteiger partial charge in [0.25, 0.3) is 0 Å². The molecule has 4 aromatic rings. The number of Topliss-reactive ketones (excluding diaryl/α,β-unsaturated/α-hetero) is 1. The first-order valence-corrected chi connectivity index (χ1v) is 16.6. The SMILES string of the molecule is COC(=O)N[C@@H](C)C(=O)C1CCN[C@H]1c1nc(-c2cnc(-c3ccc(-c4cnc([C@@H]5CCCN5C(=O)[C@H](C)NC(=O)OC)[nH]4)c(F)c3)nc2)c[nH]1. The van der Waals surface area contributed by atoms with E-state index >= 15 is 4.39 Å². The number of carbonyl (C=O) groups is 4. The van der Waals surface area contributed by atoms with Crippen LogP contribution >= 0.6 is 0 Å². The zero-order valence-electron chi connectivity index (χ0n) is 28.5. The molecule has 2 aliphatic heterocycles. The number of benzene rings is 1. The van der Waals surface area contributed by atoms with Crippen molar-refractivity contribution in [3.05, 3.63) is 60.5 Å². The number of likely N-dealkylation sites (tertiary alicyclic amines) is 1. The summed E-state index contributed by atoms with van der Waals surface area (Å²) in [5.74, 6) is 0.131. The third-order valence-corrected chi connectivity index (χ3v) is 9.23. The molecule has 51 heavy (non-hydrogen) atoms. The van der Waals surface area contributed by atoms with Gasteiger partial charge in [-0.25, -0.2) is 33.9 Å². The smallest absolute Gasteiger partial charge is 0.407 e. The van der Waals surface area contributed by atoms with Gasteiger partial charge in [-0.2, -0.15) is 0 Å². The van der Waals surface area contributed by atoms with Crippen molar-refractivity contribution in [2.75, 3.05) is 27.3 Å².